The van der Waals surface area contributed by atoms with Gasteiger partial charge in [0.15, 0.2) is 0 Å². The van der Waals surface area contributed by atoms with Gasteiger partial charge < -0.3 is 9.47 Å². The van der Waals surface area contributed by atoms with Crippen LogP contribution in [0.25, 0.3) is 0 Å². The number of allylic oxidation sites excluding steroid dienone is 2. The predicted octanol–water partition coefficient (Wildman–Crippen LogP) is 2.38. The zero-order chi connectivity index (χ0) is 24.8. The van der Waals surface area contributed by atoms with E-state index in [1.807, 2.05) is 43.3 Å². The van der Waals surface area contributed by atoms with Crippen molar-refractivity contribution in [1.29, 1.82) is 0 Å². The quantitative estimate of drug-likeness (QED) is 0.343. The third-order valence-electron chi connectivity index (χ3n) is 5.97. The van der Waals surface area contributed by atoms with E-state index in [0.29, 0.717) is 37.4 Å². The number of hydrogen-bond acceptors (Lipinski definition) is 6. The number of carbonyl (C=O) groups is 4. The van der Waals surface area contributed by atoms with Crippen molar-refractivity contribution in [3.8, 4) is 11.5 Å². The Morgan fingerprint density at radius 2 is 1.43 bits per heavy atom. The summed E-state index contributed by atoms with van der Waals surface area (Å²) < 4.78 is 11.1. The first-order chi connectivity index (χ1) is 17.0. The van der Waals surface area contributed by atoms with Crippen LogP contribution in [0, 0.1) is 11.8 Å². The minimum atomic E-state index is -0.646. The number of nitrogens with zero attached hydrogens (tertiary/aromatic N) is 1. The van der Waals surface area contributed by atoms with E-state index in [4.69, 9.17) is 9.47 Å². The summed E-state index contributed by atoms with van der Waals surface area (Å²) in [4.78, 5) is 50.5. The first-order valence-electron chi connectivity index (χ1n) is 11.5. The average molecular weight is 478 g/mol. The lowest BCUT2D eigenvalue weighted by molar-refractivity contribution is -0.143. The highest BCUT2D eigenvalue weighted by Crippen LogP contribution is 2.34. The second-order valence-electron chi connectivity index (χ2n) is 8.31. The first-order valence-corrected chi connectivity index (χ1v) is 11.5. The van der Waals surface area contributed by atoms with Crippen LogP contribution in [-0.4, -0.2) is 41.7 Å². The lowest BCUT2D eigenvalue weighted by Crippen LogP contribution is -2.47. The molecule has 2 aromatic rings. The summed E-state index contributed by atoms with van der Waals surface area (Å²) in [7, 11) is 0. The maximum Gasteiger partial charge on any atom is 0.269 e. The van der Waals surface area contributed by atoms with Crippen LogP contribution in [0.2, 0.25) is 0 Å². The van der Waals surface area contributed by atoms with Gasteiger partial charge in [-0.15, -0.1) is 0 Å². The summed E-state index contributed by atoms with van der Waals surface area (Å²) in [6, 6.07) is 14.0. The minimum Gasteiger partial charge on any atom is -0.494 e. The van der Waals surface area contributed by atoms with Gasteiger partial charge in [-0.2, -0.15) is 0 Å². The molecular weight excluding hydrogens is 450 g/mol. The second kappa shape index (κ2) is 10.9. The maximum atomic E-state index is 12.5. The molecule has 4 amide bonds. The van der Waals surface area contributed by atoms with Gasteiger partial charge in [0.1, 0.15) is 24.7 Å². The van der Waals surface area contributed by atoms with E-state index in [1.54, 1.807) is 24.3 Å². The van der Waals surface area contributed by atoms with Crippen molar-refractivity contribution in [1.82, 2.24) is 15.8 Å². The van der Waals surface area contributed by atoms with Gasteiger partial charge in [-0.25, -0.2) is 0 Å². The molecule has 0 bridgehead atoms. The number of fused-ring (bicyclic) bond motifs is 1. The number of imide groups is 1. The van der Waals surface area contributed by atoms with E-state index in [1.165, 1.54) is 0 Å². The van der Waals surface area contributed by atoms with Gasteiger partial charge in [0.25, 0.3) is 11.8 Å². The van der Waals surface area contributed by atoms with Crippen LogP contribution in [0.4, 0.5) is 0 Å². The Bertz CT molecular complexity index is 1100. The van der Waals surface area contributed by atoms with Gasteiger partial charge >= 0.3 is 0 Å². The summed E-state index contributed by atoms with van der Waals surface area (Å²) in [6.45, 7) is 2.42. The molecule has 0 aromatic heterocycles. The Labute approximate surface area is 203 Å². The molecule has 0 saturated carbocycles. The second-order valence-corrected chi connectivity index (χ2v) is 8.31. The molecule has 1 fully saturated rings. The van der Waals surface area contributed by atoms with Gasteiger partial charge in [0, 0.05) is 5.56 Å². The van der Waals surface area contributed by atoms with Crippen LogP contribution in [0.3, 0.4) is 0 Å². The minimum absolute atomic E-state index is 0.321. The molecule has 9 nitrogen and oxygen atoms in total. The topological polar surface area (TPSA) is 114 Å². The zero-order valence-corrected chi connectivity index (χ0v) is 19.4. The maximum absolute atomic E-state index is 12.5. The van der Waals surface area contributed by atoms with Gasteiger partial charge in [0.05, 0.1) is 18.4 Å². The summed E-state index contributed by atoms with van der Waals surface area (Å²) >= 11 is 0. The van der Waals surface area contributed by atoms with Gasteiger partial charge in [-0.3, -0.25) is 34.9 Å². The van der Waals surface area contributed by atoms with Gasteiger partial charge in [-0.05, 0) is 61.7 Å². The van der Waals surface area contributed by atoms with Crippen LogP contribution in [0.15, 0.2) is 60.7 Å². The van der Waals surface area contributed by atoms with Crippen molar-refractivity contribution < 1.29 is 28.7 Å². The molecule has 182 valence electrons. The number of nitrogens with one attached hydrogen (secondary N) is 2. The molecule has 4 rings (SSSR count). The highest BCUT2D eigenvalue weighted by molar-refractivity contribution is 6.07. The fourth-order valence-corrected chi connectivity index (χ4v) is 4.12. The smallest absolute Gasteiger partial charge is 0.269 e. The van der Waals surface area contributed by atoms with E-state index in [-0.39, 0.29) is 11.8 Å². The summed E-state index contributed by atoms with van der Waals surface area (Å²) in [5.74, 6) is -1.16. The molecule has 35 heavy (non-hydrogen) atoms. The molecule has 1 aliphatic carbocycles. The fraction of sp³-hybridized carbons (Fsp3) is 0.308. The number of rotatable bonds is 8. The van der Waals surface area contributed by atoms with E-state index in [0.717, 1.165) is 16.2 Å². The SMILES string of the molecule is CCOc1ccc(OCc2ccc(C(=O)NNC(=O)CN3C(=O)[C@H]4CC=CC[C@H]4C3=O)cc2)cc1. The number of benzene rings is 2. The molecule has 1 saturated heterocycles. The Morgan fingerprint density at radius 1 is 0.857 bits per heavy atom. The normalized spacial score (nSPS) is 18.7. The molecule has 2 N–H and O–H groups in total. The zero-order valence-electron chi connectivity index (χ0n) is 19.4. The van der Waals surface area contributed by atoms with Crippen molar-refractivity contribution in [2.24, 2.45) is 11.8 Å². The number of likely N-dealkylation sites (tertiary alicyclic amines) is 1. The molecule has 0 unspecified atom stereocenters. The molecule has 0 radical (unpaired) electrons. The summed E-state index contributed by atoms with van der Waals surface area (Å²) in [6.07, 6.45) is 4.78. The molecule has 2 aliphatic rings. The number of carbonyl (C=O) groups excluding carboxylic acids is 4. The van der Waals surface area contributed by atoms with Crippen molar-refractivity contribution >= 4 is 23.6 Å². The third-order valence-corrected chi connectivity index (χ3v) is 5.97. The van der Waals surface area contributed by atoms with E-state index in [9.17, 15) is 19.2 Å². The molecular formula is C26H27N3O6. The Balaban J connectivity index is 1.23. The standard InChI is InChI=1S/C26H27N3O6/c1-2-34-19-11-13-20(14-12-19)35-16-17-7-9-18(10-8-17)24(31)28-27-23(30)15-29-25(32)21-5-3-4-6-22(21)26(29)33/h3-4,7-14,21-22H,2,5-6,15-16H2,1H3,(H,27,30)(H,28,31)/t21-,22+. The molecule has 1 aliphatic heterocycles. The Kier molecular flexibility index (Phi) is 7.45. The number of amides is 4. The lowest BCUT2D eigenvalue weighted by Gasteiger charge is -2.15. The van der Waals surface area contributed by atoms with Crippen molar-refractivity contribution in [3.05, 3.63) is 71.8 Å². The molecule has 2 aromatic carbocycles. The Morgan fingerprint density at radius 3 is 2.00 bits per heavy atom. The van der Waals surface area contributed by atoms with Gasteiger partial charge in [0.2, 0.25) is 11.8 Å². The van der Waals surface area contributed by atoms with Crippen LogP contribution in [-0.2, 0) is 21.0 Å². The largest absolute Gasteiger partial charge is 0.494 e. The van der Waals surface area contributed by atoms with Gasteiger partial charge in [-0.1, -0.05) is 24.3 Å². The number of hydrogen-bond donors (Lipinski definition) is 2. The van der Waals surface area contributed by atoms with Crippen LogP contribution >= 0.6 is 0 Å². The summed E-state index contributed by atoms with van der Waals surface area (Å²) in [5.41, 5.74) is 5.78. The molecule has 2 atom stereocenters. The summed E-state index contributed by atoms with van der Waals surface area (Å²) in [5, 5.41) is 0. The highest BCUT2D eigenvalue weighted by atomic mass is 16.5. The monoisotopic (exact) mass is 477 g/mol. The molecule has 0 spiro atoms. The van der Waals surface area contributed by atoms with Crippen LogP contribution in [0.5, 0.6) is 11.5 Å². The lowest BCUT2D eigenvalue weighted by atomic mass is 9.85. The van der Waals surface area contributed by atoms with Crippen molar-refractivity contribution in [2.75, 3.05) is 13.2 Å². The van der Waals surface area contributed by atoms with E-state index < -0.39 is 30.2 Å². The fourth-order valence-electron chi connectivity index (χ4n) is 4.12. The van der Waals surface area contributed by atoms with Crippen LogP contribution in [0.1, 0.15) is 35.7 Å². The van der Waals surface area contributed by atoms with Crippen LogP contribution < -0.4 is 20.3 Å². The molecule has 1 heterocycles. The number of hydrazine groups is 1. The highest BCUT2D eigenvalue weighted by Gasteiger charge is 2.47. The average Bonchev–Trinajstić information content (AvgIpc) is 3.12. The van der Waals surface area contributed by atoms with Crippen molar-refractivity contribution in [3.63, 3.8) is 0 Å². The number of ether oxygens (including phenoxy) is 2. The van der Waals surface area contributed by atoms with E-state index >= 15 is 0 Å². The molecule has 9 heteroatoms. The van der Waals surface area contributed by atoms with E-state index in [2.05, 4.69) is 10.9 Å². The Hall–Kier alpha value is -4.14. The first kappa shape index (κ1) is 24.0. The third kappa shape index (κ3) is 5.68. The predicted molar refractivity (Wildman–Crippen MR) is 126 cm³/mol. The van der Waals surface area contributed by atoms with Crippen molar-refractivity contribution in [2.45, 2.75) is 26.4 Å².